The summed E-state index contributed by atoms with van der Waals surface area (Å²) in [6.45, 7) is 1.99. The number of hydrogen-bond acceptors (Lipinski definition) is 2. The predicted molar refractivity (Wildman–Crippen MR) is 91.7 cm³/mol. The van der Waals surface area contributed by atoms with Crippen LogP contribution < -0.4 is 10.1 Å². The van der Waals surface area contributed by atoms with Crippen molar-refractivity contribution in [3.63, 3.8) is 0 Å². The van der Waals surface area contributed by atoms with E-state index >= 15 is 0 Å². The van der Waals surface area contributed by atoms with Crippen LogP contribution in [0.4, 0.5) is 4.39 Å². The van der Waals surface area contributed by atoms with Gasteiger partial charge in [-0.25, -0.2) is 4.39 Å². The van der Waals surface area contributed by atoms with E-state index in [0.29, 0.717) is 16.5 Å². The fourth-order valence-corrected chi connectivity index (χ4v) is 2.81. The summed E-state index contributed by atoms with van der Waals surface area (Å²) in [6, 6.07) is 12.1. The summed E-state index contributed by atoms with van der Waals surface area (Å²) in [6.07, 6.45) is 2.27. The van der Waals surface area contributed by atoms with Gasteiger partial charge in [0.2, 0.25) is 0 Å². The maximum absolute atomic E-state index is 14.1. The molecule has 0 saturated heterocycles. The molecule has 2 aromatic carbocycles. The lowest BCUT2D eigenvalue weighted by Crippen LogP contribution is -2.28. The average Bonchev–Trinajstić information content (AvgIpc) is 3.05. The lowest BCUT2D eigenvalue weighted by atomic mass is 10.0. The van der Waals surface area contributed by atoms with Crippen LogP contribution in [0.15, 0.2) is 48.7 Å². The minimum Gasteiger partial charge on any atom is -0.497 e. The Hall–Kier alpha value is -2.82. The van der Waals surface area contributed by atoms with Gasteiger partial charge in [-0.2, -0.15) is 0 Å². The minimum atomic E-state index is -0.406. The van der Waals surface area contributed by atoms with Crippen molar-refractivity contribution >= 4 is 16.8 Å². The van der Waals surface area contributed by atoms with Crippen LogP contribution in [0.3, 0.4) is 0 Å². The Balaban J connectivity index is 1.85. The Kier molecular flexibility index (Phi) is 4.51. The van der Waals surface area contributed by atoms with E-state index in [1.807, 2.05) is 31.2 Å². The zero-order chi connectivity index (χ0) is 17.1. The van der Waals surface area contributed by atoms with Gasteiger partial charge in [0.1, 0.15) is 11.6 Å². The molecule has 124 valence electrons. The Bertz CT molecular complexity index is 855. The number of methoxy groups -OCH3 is 1. The predicted octanol–water partition coefficient (Wildman–Crippen LogP) is 4.20. The second kappa shape index (κ2) is 6.74. The molecule has 0 unspecified atom stereocenters. The molecule has 0 aliphatic carbocycles. The molecular weight excluding hydrogens is 307 g/mol. The van der Waals surface area contributed by atoms with E-state index in [1.165, 1.54) is 6.07 Å². The SMILES string of the molecule is CC[C@@H](NC(=O)c1c[nH]c2cccc(F)c12)c1ccc(OC)cc1. The number of amides is 1. The van der Waals surface area contributed by atoms with Crippen LogP contribution in [0.25, 0.3) is 10.9 Å². The van der Waals surface area contributed by atoms with E-state index < -0.39 is 5.82 Å². The zero-order valence-corrected chi connectivity index (χ0v) is 13.6. The molecule has 0 saturated carbocycles. The van der Waals surface area contributed by atoms with Crippen LogP contribution in [-0.2, 0) is 0 Å². The molecule has 0 spiro atoms. The molecule has 3 rings (SSSR count). The molecule has 24 heavy (non-hydrogen) atoms. The normalized spacial score (nSPS) is 12.1. The van der Waals surface area contributed by atoms with E-state index in [1.54, 1.807) is 25.4 Å². The first kappa shape index (κ1) is 16.1. The van der Waals surface area contributed by atoms with Crippen molar-refractivity contribution in [2.24, 2.45) is 0 Å². The summed E-state index contributed by atoms with van der Waals surface area (Å²) in [5, 5.41) is 3.29. The highest BCUT2D eigenvalue weighted by Gasteiger charge is 2.19. The van der Waals surface area contributed by atoms with Gasteiger partial charge in [0.15, 0.2) is 0 Å². The highest BCUT2D eigenvalue weighted by molar-refractivity contribution is 6.07. The van der Waals surface area contributed by atoms with Crippen molar-refractivity contribution in [1.82, 2.24) is 10.3 Å². The van der Waals surface area contributed by atoms with Crippen molar-refractivity contribution in [2.75, 3.05) is 7.11 Å². The molecule has 2 N–H and O–H groups in total. The van der Waals surface area contributed by atoms with Gasteiger partial charge in [0.05, 0.1) is 18.7 Å². The summed E-state index contributed by atoms with van der Waals surface area (Å²) in [4.78, 5) is 15.6. The molecule has 0 fully saturated rings. The Morgan fingerprint density at radius 1 is 1.25 bits per heavy atom. The van der Waals surface area contributed by atoms with Crippen molar-refractivity contribution in [3.05, 3.63) is 65.6 Å². The van der Waals surface area contributed by atoms with Gasteiger partial charge in [-0.15, -0.1) is 0 Å². The number of fused-ring (bicyclic) bond motifs is 1. The molecular formula is C19H19FN2O2. The highest BCUT2D eigenvalue weighted by atomic mass is 19.1. The van der Waals surface area contributed by atoms with E-state index in [2.05, 4.69) is 10.3 Å². The molecule has 3 aromatic rings. The third kappa shape index (κ3) is 2.97. The number of aromatic amines is 1. The van der Waals surface area contributed by atoms with E-state index in [-0.39, 0.29) is 11.9 Å². The number of aromatic nitrogens is 1. The summed E-state index contributed by atoms with van der Waals surface area (Å²) in [5.74, 6) is 0.0593. The van der Waals surface area contributed by atoms with Gasteiger partial charge in [-0.1, -0.05) is 25.1 Å². The number of ether oxygens (including phenoxy) is 1. The lowest BCUT2D eigenvalue weighted by Gasteiger charge is -2.17. The summed E-state index contributed by atoms with van der Waals surface area (Å²) in [7, 11) is 1.61. The monoisotopic (exact) mass is 326 g/mol. The first-order chi connectivity index (χ1) is 11.6. The van der Waals surface area contributed by atoms with Crippen LogP contribution in [0, 0.1) is 5.82 Å². The molecule has 5 heteroatoms. The maximum atomic E-state index is 14.1. The van der Waals surface area contributed by atoms with Gasteiger partial charge >= 0.3 is 0 Å². The van der Waals surface area contributed by atoms with Gasteiger partial charge in [0.25, 0.3) is 5.91 Å². The van der Waals surface area contributed by atoms with Crippen LogP contribution >= 0.6 is 0 Å². The highest BCUT2D eigenvalue weighted by Crippen LogP contribution is 2.24. The Morgan fingerprint density at radius 2 is 2.00 bits per heavy atom. The lowest BCUT2D eigenvalue weighted by molar-refractivity contribution is 0.0937. The molecule has 0 aliphatic rings. The summed E-state index contributed by atoms with van der Waals surface area (Å²) in [5.41, 5.74) is 1.90. The third-order valence-electron chi connectivity index (χ3n) is 4.13. The molecule has 4 nitrogen and oxygen atoms in total. The van der Waals surface area contributed by atoms with Crippen LogP contribution in [-0.4, -0.2) is 18.0 Å². The Labute approximate surface area is 139 Å². The zero-order valence-electron chi connectivity index (χ0n) is 13.6. The van der Waals surface area contributed by atoms with E-state index in [9.17, 15) is 9.18 Å². The topological polar surface area (TPSA) is 54.1 Å². The number of rotatable bonds is 5. The molecule has 1 amide bonds. The molecule has 0 bridgehead atoms. The van der Waals surface area contributed by atoms with Crippen LogP contribution in [0.1, 0.15) is 35.3 Å². The van der Waals surface area contributed by atoms with Crippen LogP contribution in [0.5, 0.6) is 5.75 Å². The quantitative estimate of drug-likeness (QED) is 0.738. The standard InChI is InChI=1S/C19H19FN2O2/c1-3-16(12-7-9-13(24-2)10-8-12)22-19(23)14-11-21-17-6-4-5-15(20)18(14)17/h4-11,16,21H,3H2,1-2H3,(H,22,23)/t16-/m1/s1. The molecule has 1 aromatic heterocycles. The third-order valence-corrected chi connectivity index (χ3v) is 4.13. The summed E-state index contributed by atoms with van der Waals surface area (Å²) >= 11 is 0. The van der Waals surface area contributed by atoms with Gasteiger partial charge in [-0.3, -0.25) is 4.79 Å². The molecule has 0 aliphatic heterocycles. The molecule has 1 atom stereocenters. The molecule has 1 heterocycles. The van der Waals surface area contributed by atoms with Gasteiger partial charge in [0, 0.05) is 17.1 Å². The van der Waals surface area contributed by atoms with Crippen molar-refractivity contribution < 1.29 is 13.9 Å². The first-order valence-electron chi connectivity index (χ1n) is 7.84. The largest absolute Gasteiger partial charge is 0.497 e. The van der Waals surface area contributed by atoms with Crippen LogP contribution in [0.2, 0.25) is 0 Å². The second-order valence-electron chi connectivity index (χ2n) is 5.57. The Morgan fingerprint density at radius 3 is 2.67 bits per heavy atom. The van der Waals surface area contributed by atoms with E-state index in [4.69, 9.17) is 4.74 Å². The number of carbonyl (C=O) groups excluding carboxylic acids is 1. The van der Waals surface area contributed by atoms with Crippen molar-refractivity contribution in [1.29, 1.82) is 0 Å². The molecule has 0 radical (unpaired) electrons. The number of halogens is 1. The number of nitrogens with one attached hydrogen (secondary N) is 2. The minimum absolute atomic E-state index is 0.153. The van der Waals surface area contributed by atoms with Crippen molar-refractivity contribution in [3.8, 4) is 5.75 Å². The van der Waals surface area contributed by atoms with Crippen molar-refractivity contribution in [2.45, 2.75) is 19.4 Å². The van der Waals surface area contributed by atoms with E-state index in [0.717, 1.165) is 17.7 Å². The summed E-state index contributed by atoms with van der Waals surface area (Å²) < 4.78 is 19.2. The number of carbonyl (C=O) groups is 1. The number of hydrogen-bond donors (Lipinski definition) is 2. The first-order valence-corrected chi connectivity index (χ1v) is 7.84. The smallest absolute Gasteiger partial charge is 0.254 e. The number of benzene rings is 2. The average molecular weight is 326 g/mol. The fraction of sp³-hybridized carbons (Fsp3) is 0.211. The van der Waals surface area contributed by atoms with Gasteiger partial charge in [-0.05, 0) is 36.2 Å². The fourth-order valence-electron chi connectivity index (χ4n) is 2.81. The maximum Gasteiger partial charge on any atom is 0.254 e. The second-order valence-corrected chi connectivity index (χ2v) is 5.57. The number of H-pyrrole nitrogens is 1. The van der Waals surface area contributed by atoms with Gasteiger partial charge < -0.3 is 15.0 Å².